The molecule has 3 heterocycles. The van der Waals surface area contributed by atoms with Crippen LogP contribution in [0.2, 0.25) is 0 Å². The number of pyridine rings is 1. The van der Waals surface area contributed by atoms with Gasteiger partial charge in [0.2, 0.25) is 5.91 Å². The number of hydrogen-bond donors (Lipinski definition) is 1. The molecule has 2 aliphatic rings. The van der Waals surface area contributed by atoms with Crippen LogP contribution >= 0.6 is 11.3 Å². The predicted molar refractivity (Wildman–Crippen MR) is 108 cm³/mol. The van der Waals surface area contributed by atoms with Crippen LogP contribution in [-0.2, 0) is 21.4 Å². The highest BCUT2D eigenvalue weighted by atomic mass is 32.2. The molecule has 1 saturated heterocycles. The van der Waals surface area contributed by atoms with Crippen molar-refractivity contribution in [1.82, 2.24) is 14.6 Å². The lowest BCUT2D eigenvalue weighted by atomic mass is 9.67. The topological polar surface area (TPSA) is 79.4 Å². The molecule has 6 nitrogen and oxygen atoms in total. The van der Waals surface area contributed by atoms with Crippen molar-refractivity contribution < 1.29 is 13.2 Å². The fraction of sp³-hybridized carbons (Fsp3) is 0.500. The highest BCUT2D eigenvalue weighted by Crippen LogP contribution is 2.49. The van der Waals surface area contributed by atoms with Crippen LogP contribution < -0.4 is 5.32 Å². The van der Waals surface area contributed by atoms with E-state index in [-0.39, 0.29) is 23.8 Å². The van der Waals surface area contributed by atoms with E-state index in [1.54, 1.807) is 34.2 Å². The quantitative estimate of drug-likeness (QED) is 0.808. The Labute approximate surface area is 170 Å². The summed E-state index contributed by atoms with van der Waals surface area (Å²) < 4.78 is 28.0. The Kier molecular flexibility index (Phi) is 5.53. The van der Waals surface area contributed by atoms with Gasteiger partial charge in [0.1, 0.15) is 4.21 Å². The second-order valence-electron chi connectivity index (χ2n) is 7.78. The molecule has 1 aliphatic heterocycles. The van der Waals surface area contributed by atoms with Crippen LogP contribution in [0, 0.1) is 11.3 Å². The van der Waals surface area contributed by atoms with Gasteiger partial charge in [0.25, 0.3) is 10.0 Å². The molecule has 1 atom stereocenters. The van der Waals surface area contributed by atoms with Crippen molar-refractivity contribution in [1.29, 1.82) is 0 Å². The minimum absolute atomic E-state index is 0.0393. The van der Waals surface area contributed by atoms with Crippen LogP contribution in [-0.4, -0.2) is 36.7 Å². The fourth-order valence-electron chi connectivity index (χ4n) is 4.58. The van der Waals surface area contributed by atoms with Gasteiger partial charge < -0.3 is 5.32 Å². The van der Waals surface area contributed by atoms with Crippen LogP contribution in [0.25, 0.3) is 0 Å². The maximum Gasteiger partial charge on any atom is 0.252 e. The molecular weight excluding hydrogens is 394 g/mol. The Morgan fingerprint density at radius 2 is 1.96 bits per heavy atom. The van der Waals surface area contributed by atoms with Crippen LogP contribution in [0.4, 0.5) is 0 Å². The Morgan fingerprint density at radius 3 is 2.64 bits per heavy atom. The molecule has 2 aromatic rings. The van der Waals surface area contributed by atoms with Gasteiger partial charge in [-0.2, -0.15) is 4.31 Å². The van der Waals surface area contributed by atoms with Crippen LogP contribution in [0.3, 0.4) is 0 Å². The Balaban J connectivity index is 1.54. The molecule has 0 bridgehead atoms. The van der Waals surface area contributed by atoms with E-state index in [0.717, 1.165) is 37.7 Å². The lowest BCUT2D eigenvalue weighted by molar-refractivity contribution is -0.128. The van der Waals surface area contributed by atoms with E-state index < -0.39 is 10.0 Å². The molecule has 1 N–H and O–H groups in total. The summed E-state index contributed by atoms with van der Waals surface area (Å²) in [7, 11) is -3.54. The van der Waals surface area contributed by atoms with Crippen LogP contribution in [0.15, 0.2) is 46.2 Å². The van der Waals surface area contributed by atoms with Gasteiger partial charge in [-0.3, -0.25) is 9.78 Å². The minimum atomic E-state index is -3.54. The molecule has 0 radical (unpaired) electrons. The summed E-state index contributed by atoms with van der Waals surface area (Å²) >= 11 is 1.23. The molecule has 28 heavy (non-hydrogen) atoms. The van der Waals surface area contributed by atoms with Crippen molar-refractivity contribution in [2.45, 2.75) is 42.9 Å². The van der Waals surface area contributed by atoms with Gasteiger partial charge >= 0.3 is 0 Å². The average Bonchev–Trinajstić information content (AvgIpc) is 3.37. The summed E-state index contributed by atoms with van der Waals surface area (Å²) in [6.07, 6.45) is 8.50. The summed E-state index contributed by atoms with van der Waals surface area (Å²) in [6, 6.07) is 7.14. The molecule has 0 unspecified atom stereocenters. The summed E-state index contributed by atoms with van der Waals surface area (Å²) in [5.41, 5.74) is 0.743. The van der Waals surface area contributed by atoms with E-state index in [9.17, 15) is 13.2 Å². The standard InChI is InChI=1S/C20H25N3O3S2/c24-19(22-13-16-6-10-21-11-7-16)17-14-23(15-20(17)8-2-1-3-9-20)28(25,26)18-5-4-12-27-18/h4-7,10-12,17H,1-3,8-9,13-15H2,(H,22,24)/t17-/m0/s1. The van der Waals surface area contributed by atoms with Gasteiger partial charge in [0.15, 0.2) is 0 Å². The lowest BCUT2D eigenvalue weighted by Gasteiger charge is -2.37. The molecule has 1 aliphatic carbocycles. The molecule has 8 heteroatoms. The van der Waals surface area contributed by atoms with E-state index in [0.29, 0.717) is 17.3 Å². The zero-order valence-electron chi connectivity index (χ0n) is 15.7. The maximum atomic E-state index is 13.1. The van der Waals surface area contributed by atoms with Crippen molar-refractivity contribution >= 4 is 27.3 Å². The number of carbonyl (C=O) groups is 1. The summed E-state index contributed by atoms with van der Waals surface area (Å²) in [5, 5.41) is 4.81. The largest absolute Gasteiger partial charge is 0.352 e. The Morgan fingerprint density at radius 1 is 1.21 bits per heavy atom. The molecule has 150 valence electrons. The SMILES string of the molecule is O=C(NCc1ccncc1)[C@@H]1CN(S(=O)(=O)c2cccs2)CC12CCCCC2. The molecule has 1 spiro atoms. The lowest BCUT2D eigenvalue weighted by Crippen LogP contribution is -2.42. The first kappa shape index (κ1) is 19.5. The zero-order valence-corrected chi connectivity index (χ0v) is 17.3. The zero-order chi connectivity index (χ0) is 19.6. The van der Waals surface area contributed by atoms with Crippen LogP contribution in [0.5, 0.6) is 0 Å². The number of aromatic nitrogens is 1. The number of amides is 1. The Bertz CT molecular complexity index is 907. The van der Waals surface area contributed by atoms with Crippen molar-refractivity contribution in [2.75, 3.05) is 13.1 Å². The predicted octanol–water partition coefficient (Wildman–Crippen LogP) is 3.03. The van der Waals surface area contributed by atoms with E-state index in [4.69, 9.17) is 0 Å². The number of sulfonamides is 1. The fourth-order valence-corrected chi connectivity index (χ4v) is 7.28. The number of rotatable bonds is 5. The second-order valence-corrected chi connectivity index (χ2v) is 10.9. The molecule has 1 amide bonds. The molecular formula is C20H25N3O3S2. The van der Waals surface area contributed by atoms with Gasteiger partial charge in [-0.1, -0.05) is 25.3 Å². The summed E-state index contributed by atoms with van der Waals surface area (Å²) in [6.45, 7) is 1.15. The molecule has 0 aromatic carbocycles. The third-order valence-corrected chi connectivity index (χ3v) is 9.27. The van der Waals surface area contributed by atoms with Gasteiger partial charge in [-0.15, -0.1) is 11.3 Å². The van der Waals surface area contributed by atoms with Crippen molar-refractivity contribution in [3.05, 3.63) is 47.6 Å². The first-order chi connectivity index (χ1) is 13.5. The molecule has 2 aromatic heterocycles. The van der Waals surface area contributed by atoms with Crippen molar-refractivity contribution in [3.63, 3.8) is 0 Å². The smallest absolute Gasteiger partial charge is 0.252 e. The van der Waals surface area contributed by atoms with E-state index in [1.807, 2.05) is 12.1 Å². The van der Waals surface area contributed by atoms with Gasteiger partial charge in [0, 0.05) is 32.0 Å². The minimum Gasteiger partial charge on any atom is -0.352 e. The third kappa shape index (κ3) is 3.73. The molecule has 4 rings (SSSR count). The number of thiophene rings is 1. The highest BCUT2D eigenvalue weighted by molar-refractivity contribution is 7.91. The summed E-state index contributed by atoms with van der Waals surface area (Å²) in [4.78, 5) is 17.1. The van der Waals surface area contributed by atoms with Gasteiger partial charge in [-0.05, 0) is 47.4 Å². The van der Waals surface area contributed by atoms with E-state index in [2.05, 4.69) is 10.3 Å². The van der Waals surface area contributed by atoms with E-state index >= 15 is 0 Å². The van der Waals surface area contributed by atoms with Crippen molar-refractivity contribution in [3.8, 4) is 0 Å². The van der Waals surface area contributed by atoms with E-state index in [1.165, 1.54) is 11.3 Å². The number of carbonyl (C=O) groups excluding carboxylic acids is 1. The first-order valence-electron chi connectivity index (χ1n) is 9.72. The number of hydrogen-bond acceptors (Lipinski definition) is 5. The van der Waals surface area contributed by atoms with Gasteiger partial charge in [-0.25, -0.2) is 8.42 Å². The van der Waals surface area contributed by atoms with Crippen molar-refractivity contribution in [2.24, 2.45) is 11.3 Å². The first-order valence-corrected chi connectivity index (χ1v) is 12.0. The number of nitrogens with one attached hydrogen (secondary N) is 1. The third-order valence-electron chi connectivity index (χ3n) is 6.09. The van der Waals surface area contributed by atoms with Crippen LogP contribution in [0.1, 0.15) is 37.7 Å². The second kappa shape index (κ2) is 7.93. The normalized spacial score (nSPS) is 22.4. The van der Waals surface area contributed by atoms with Gasteiger partial charge in [0.05, 0.1) is 5.92 Å². The highest BCUT2D eigenvalue weighted by Gasteiger charge is 2.53. The number of nitrogens with zero attached hydrogens (tertiary/aromatic N) is 2. The molecule has 2 fully saturated rings. The summed E-state index contributed by atoms with van der Waals surface area (Å²) in [5.74, 6) is -0.341. The average molecular weight is 420 g/mol. The Hall–Kier alpha value is -1.77. The maximum absolute atomic E-state index is 13.1. The molecule has 1 saturated carbocycles. The monoisotopic (exact) mass is 419 g/mol.